The third-order valence-electron chi connectivity index (χ3n) is 3.37. The van der Waals surface area contributed by atoms with Gasteiger partial charge in [-0.3, -0.25) is 0 Å². The summed E-state index contributed by atoms with van der Waals surface area (Å²) in [6.45, 7) is 4.44. The summed E-state index contributed by atoms with van der Waals surface area (Å²) < 4.78 is 5.48. The van der Waals surface area contributed by atoms with Crippen molar-refractivity contribution in [3.05, 3.63) is 5.82 Å². The Bertz CT molecular complexity index is 340. The summed E-state index contributed by atoms with van der Waals surface area (Å²) in [6, 6.07) is 0.677. The van der Waals surface area contributed by atoms with Gasteiger partial charge in [-0.1, -0.05) is 25.6 Å². The number of hydrogen-bond acceptors (Lipinski definition) is 5. The van der Waals surface area contributed by atoms with Crippen molar-refractivity contribution in [2.45, 2.75) is 48.7 Å². The number of thioether (sulfide) groups is 1. The van der Waals surface area contributed by atoms with Gasteiger partial charge in [0, 0.05) is 17.7 Å². The summed E-state index contributed by atoms with van der Waals surface area (Å²) in [6.07, 6.45) is 3.52. The van der Waals surface area contributed by atoms with E-state index in [1.807, 2.05) is 11.8 Å². The Hall–Kier alpha value is -0.130. The fraction of sp³-hybridized carbons (Fsp3) is 0.818. The largest absolute Gasteiger partial charge is 0.317 e. The molecule has 3 unspecified atom stereocenters. The van der Waals surface area contributed by atoms with Crippen LogP contribution in [0, 0.1) is 5.92 Å². The molecule has 1 aliphatic rings. The molecule has 0 saturated heterocycles. The topological polar surface area (TPSA) is 37.8 Å². The normalized spacial score (nSPS) is 29.8. The molecule has 1 N–H and O–H groups in total. The number of aryl methyl sites for hydroxylation is 1. The van der Waals surface area contributed by atoms with E-state index in [-0.39, 0.29) is 0 Å². The van der Waals surface area contributed by atoms with E-state index in [2.05, 4.69) is 35.6 Å². The molecule has 2 rings (SSSR count). The predicted molar refractivity (Wildman–Crippen MR) is 70.2 cm³/mol. The zero-order valence-electron chi connectivity index (χ0n) is 10.1. The molecule has 0 spiro atoms. The van der Waals surface area contributed by atoms with Crippen molar-refractivity contribution < 1.29 is 0 Å². The van der Waals surface area contributed by atoms with Crippen LogP contribution in [0.2, 0.25) is 0 Å². The maximum absolute atomic E-state index is 4.53. The van der Waals surface area contributed by atoms with E-state index in [0.29, 0.717) is 11.3 Å². The molecule has 1 aromatic heterocycles. The van der Waals surface area contributed by atoms with Crippen molar-refractivity contribution in [2.24, 2.45) is 5.92 Å². The molecule has 1 aromatic rings. The van der Waals surface area contributed by atoms with Crippen LogP contribution in [-0.2, 0) is 6.42 Å². The molecule has 1 fully saturated rings. The Morgan fingerprint density at radius 3 is 2.88 bits per heavy atom. The van der Waals surface area contributed by atoms with Gasteiger partial charge in [0.15, 0.2) is 4.34 Å². The van der Waals surface area contributed by atoms with Gasteiger partial charge in [-0.2, -0.15) is 4.37 Å². The van der Waals surface area contributed by atoms with E-state index >= 15 is 0 Å². The molecule has 16 heavy (non-hydrogen) atoms. The quantitative estimate of drug-likeness (QED) is 0.899. The first-order valence-electron chi connectivity index (χ1n) is 5.91. The number of nitrogens with one attached hydrogen (secondary N) is 1. The zero-order chi connectivity index (χ0) is 11.5. The van der Waals surface area contributed by atoms with Gasteiger partial charge >= 0.3 is 0 Å². The highest BCUT2D eigenvalue weighted by molar-refractivity contribution is 8.01. The molecule has 0 bridgehead atoms. The van der Waals surface area contributed by atoms with Crippen LogP contribution in [0.1, 0.15) is 32.5 Å². The van der Waals surface area contributed by atoms with E-state index in [1.165, 1.54) is 12.8 Å². The van der Waals surface area contributed by atoms with Gasteiger partial charge in [-0.05, 0) is 37.3 Å². The van der Waals surface area contributed by atoms with Crippen molar-refractivity contribution in [1.82, 2.24) is 14.7 Å². The van der Waals surface area contributed by atoms with Crippen LogP contribution in [0.4, 0.5) is 0 Å². The maximum atomic E-state index is 4.53. The van der Waals surface area contributed by atoms with Crippen molar-refractivity contribution in [3.63, 3.8) is 0 Å². The monoisotopic (exact) mass is 257 g/mol. The summed E-state index contributed by atoms with van der Waals surface area (Å²) in [4.78, 5) is 4.53. The van der Waals surface area contributed by atoms with Crippen LogP contribution in [0.3, 0.4) is 0 Å². The molecule has 1 saturated carbocycles. The van der Waals surface area contributed by atoms with Crippen LogP contribution in [0.25, 0.3) is 0 Å². The fourth-order valence-electron chi connectivity index (χ4n) is 2.26. The standard InChI is InChI=1S/C11H19N3S2/c1-4-10-13-11(16-14-10)15-9-6-5-8(12-3)7(9)2/h7-9,12H,4-6H2,1-3H3. The molecular weight excluding hydrogens is 238 g/mol. The van der Waals surface area contributed by atoms with E-state index in [0.717, 1.165) is 22.5 Å². The van der Waals surface area contributed by atoms with Gasteiger partial charge in [-0.25, -0.2) is 4.98 Å². The van der Waals surface area contributed by atoms with Crippen LogP contribution >= 0.6 is 23.3 Å². The number of rotatable bonds is 4. The van der Waals surface area contributed by atoms with Crippen molar-refractivity contribution in [2.75, 3.05) is 7.05 Å². The first-order chi connectivity index (χ1) is 7.74. The summed E-state index contributed by atoms with van der Waals surface area (Å²) in [5, 5.41) is 4.10. The number of nitrogens with zero attached hydrogens (tertiary/aromatic N) is 2. The Morgan fingerprint density at radius 2 is 2.31 bits per heavy atom. The maximum Gasteiger partial charge on any atom is 0.170 e. The van der Waals surface area contributed by atoms with Gasteiger partial charge in [-0.15, -0.1) is 0 Å². The van der Waals surface area contributed by atoms with Crippen molar-refractivity contribution >= 4 is 23.3 Å². The second kappa shape index (κ2) is 5.47. The summed E-state index contributed by atoms with van der Waals surface area (Å²) in [5.74, 6) is 1.72. The molecule has 3 nitrogen and oxygen atoms in total. The lowest BCUT2D eigenvalue weighted by Crippen LogP contribution is -2.29. The molecule has 5 heteroatoms. The molecular formula is C11H19N3S2. The number of hydrogen-bond donors (Lipinski definition) is 1. The van der Waals surface area contributed by atoms with E-state index in [1.54, 1.807) is 11.5 Å². The second-order valence-corrected chi connectivity index (χ2v) is 6.56. The smallest absolute Gasteiger partial charge is 0.170 e. The molecule has 0 aromatic carbocycles. The molecule has 1 heterocycles. The molecule has 0 radical (unpaired) electrons. The SMILES string of the molecule is CCc1nsc(SC2CCC(NC)C2C)n1. The predicted octanol–water partition coefficient (Wildman–Crippen LogP) is 2.58. The first-order valence-corrected chi connectivity index (χ1v) is 7.56. The lowest BCUT2D eigenvalue weighted by atomic mass is 10.1. The van der Waals surface area contributed by atoms with Gasteiger partial charge < -0.3 is 5.32 Å². The molecule has 1 aliphatic carbocycles. The lowest BCUT2D eigenvalue weighted by molar-refractivity contribution is 0.464. The minimum atomic E-state index is 0.677. The van der Waals surface area contributed by atoms with Crippen LogP contribution in [0.15, 0.2) is 4.34 Å². The summed E-state index contributed by atoms with van der Waals surface area (Å²) in [5.41, 5.74) is 0. The van der Waals surface area contributed by atoms with Gasteiger partial charge in [0.2, 0.25) is 0 Å². The van der Waals surface area contributed by atoms with E-state index in [4.69, 9.17) is 0 Å². The number of aromatic nitrogens is 2. The Kier molecular flexibility index (Phi) is 4.21. The van der Waals surface area contributed by atoms with Crippen LogP contribution in [-0.4, -0.2) is 27.7 Å². The Labute approximate surface area is 106 Å². The molecule has 3 atom stereocenters. The van der Waals surface area contributed by atoms with Gasteiger partial charge in [0.1, 0.15) is 5.82 Å². The fourth-order valence-corrected chi connectivity index (χ4v) is 4.49. The summed E-state index contributed by atoms with van der Waals surface area (Å²) >= 11 is 3.47. The summed E-state index contributed by atoms with van der Waals surface area (Å²) in [7, 11) is 2.06. The Morgan fingerprint density at radius 1 is 1.50 bits per heavy atom. The first kappa shape index (κ1) is 12.3. The van der Waals surface area contributed by atoms with Crippen LogP contribution in [0.5, 0.6) is 0 Å². The van der Waals surface area contributed by atoms with Crippen molar-refractivity contribution in [3.8, 4) is 0 Å². The van der Waals surface area contributed by atoms with Crippen LogP contribution < -0.4 is 5.32 Å². The molecule has 90 valence electrons. The highest BCUT2D eigenvalue weighted by Crippen LogP contribution is 2.39. The average molecular weight is 257 g/mol. The highest BCUT2D eigenvalue weighted by Gasteiger charge is 2.32. The third-order valence-corrected chi connectivity index (χ3v) is 5.69. The molecule has 0 aliphatic heterocycles. The Balaban J connectivity index is 1.95. The van der Waals surface area contributed by atoms with E-state index in [9.17, 15) is 0 Å². The van der Waals surface area contributed by atoms with Gasteiger partial charge in [0.05, 0.1) is 0 Å². The van der Waals surface area contributed by atoms with Gasteiger partial charge in [0.25, 0.3) is 0 Å². The van der Waals surface area contributed by atoms with Crippen molar-refractivity contribution in [1.29, 1.82) is 0 Å². The third kappa shape index (κ3) is 2.57. The average Bonchev–Trinajstić information content (AvgIpc) is 2.88. The zero-order valence-corrected chi connectivity index (χ0v) is 11.7. The molecule has 0 amide bonds. The lowest BCUT2D eigenvalue weighted by Gasteiger charge is -2.18. The minimum absolute atomic E-state index is 0.677. The highest BCUT2D eigenvalue weighted by atomic mass is 32.2. The second-order valence-electron chi connectivity index (χ2n) is 4.32. The minimum Gasteiger partial charge on any atom is -0.317 e. The van der Waals surface area contributed by atoms with E-state index < -0.39 is 0 Å².